The maximum atomic E-state index is 13.5. The van der Waals surface area contributed by atoms with Gasteiger partial charge in [0.1, 0.15) is 10.8 Å². The van der Waals surface area contributed by atoms with E-state index in [9.17, 15) is 4.39 Å². The van der Waals surface area contributed by atoms with Gasteiger partial charge in [0.25, 0.3) is 0 Å². The Labute approximate surface area is 109 Å². The van der Waals surface area contributed by atoms with Gasteiger partial charge in [0.2, 0.25) is 0 Å². The van der Waals surface area contributed by atoms with Gasteiger partial charge in [-0.1, -0.05) is 23.5 Å². The molecule has 0 unspecified atom stereocenters. The first-order valence-electron chi connectivity index (χ1n) is 5.58. The lowest BCUT2D eigenvalue weighted by atomic mass is 10.2. The van der Waals surface area contributed by atoms with E-state index >= 15 is 0 Å². The molecular formula is C12H14FN3OS. The van der Waals surface area contributed by atoms with Gasteiger partial charge in [-0.3, -0.25) is 0 Å². The SMILES string of the molecule is COCCNCc1nnc(-c2ccccc2F)s1. The van der Waals surface area contributed by atoms with E-state index in [1.54, 1.807) is 25.3 Å². The second-order valence-electron chi connectivity index (χ2n) is 3.65. The quantitative estimate of drug-likeness (QED) is 0.814. The van der Waals surface area contributed by atoms with E-state index in [0.29, 0.717) is 23.7 Å². The minimum atomic E-state index is -0.271. The fraction of sp³-hybridized carbons (Fsp3) is 0.333. The van der Waals surface area contributed by atoms with Crippen molar-refractivity contribution in [3.63, 3.8) is 0 Å². The molecule has 4 nitrogen and oxygen atoms in total. The van der Waals surface area contributed by atoms with E-state index in [0.717, 1.165) is 11.6 Å². The second-order valence-corrected chi connectivity index (χ2v) is 4.71. The van der Waals surface area contributed by atoms with E-state index < -0.39 is 0 Å². The molecule has 1 aromatic carbocycles. The van der Waals surface area contributed by atoms with E-state index in [1.165, 1.54) is 17.4 Å². The fourth-order valence-corrected chi connectivity index (χ4v) is 2.27. The first-order chi connectivity index (χ1) is 8.81. The van der Waals surface area contributed by atoms with Gasteiger partial charge >= 0.3 is 0 Å². The van der Waals surface area contributed by atoms with E-state index in [4.69, 9.17) is 4.74 Å². The van der Waals surface area contributed by atoms with Crippen molar-refractivity contribution < 1.29 is 9.13 Å². The van der Waals surface area contributed by atoms with Crippen molar-refractivity contribution in [1.82, 2.24) is 15.5 Å². The van der Waals surface area contributed by atoms with Crippen LogP contribution in [-0.4, -0.2) is 30.5 Å². The van der Waals surface area contributed by atoms with Crippen LogP contribution in [0.25, 0.3) is 10.6 Å². The number of halogens is 1. The summed E-state index contributed by atoms with van der Waals surface area (Å²) in [5, 5.41) is 12.6. The fourth-order valence-electron chi connectivity index (χ4n) is 1.44. The van der Waals surface area contributed by atoms with Gasteiger partial charge in [-0.25, -0.2) is 4.39 Å². The summed E-state index contributed by atoms with van der Waals surface area (Å²) in [6, 6.07) is 6.58. The van der Waals surface area contributed by atoms with Crippen molar-refractivity contribution in [1.29, 1.82) is 0 Å². The summed E-state index contributed by atoms with van der Waals surface area (Å²) in [4.78, 5) is 0. The Morgan fingerprint density at radius 2 is 2.17 bits per heavy atom. The van der Waals surface area contributed by atoms with Crippen LogP contribution in [0.4, 0.5) is 4.39 Å². The van der Waals surface area contributed by atoms with E-state index in [-0.39, 0.29) is 5.82 Å². The molecule has 0 aliphatic rings. The van der Waals surface area contributed by atoms with Crippen LogP contribution in [0.3, 0.4) is 0 Å². The van der Waals surface area contributed by atoms with Gasteiger partial charge < -0.3 is 10.1 Å². The minimum absolute atomic E-state index is 0.271. The Morgan fingerprint density at radius 3 is 2.94 bits per heavy atom. The highest BCUT2D eigenvalue weighted by atomic mass is 32.1. The Kier molecular flexibility index (Phi) is 4.74. The van der Waals surface area contributed by atoms with Gasteiger partial charge in [-0.15, -0.1) is 10.2 Å². The zero-order valence-corrected chi connectivity index (χ0v) is 10.8. The minimum Gasteiger partial charge on any atom is -0.383 e. The lowest BCUT2D eigenvalue weighted by molar-refractivity contribution is 0.199. The molecular weight excluding hydrogens is 253 g/mol. The summed E-state index contributed by atoms with van der Waals surface area (Å²) < 4.78 is 18.5. The maximum Gasteiger partial charge on any atom is 0.150 e. The van der Waals surface area contributed by atoms with Crippen LogP contribution in [-0.2, 0) is 11.3 Å². The number of hydrogen-bond donors (Lipinski definition) is 1. The molecule has 0 atom stereocenters. The zero-order valence-electron chi connectivity index (χ0n) is 10.0. The number of benzene rings is 1. The Balaban J connectivity index is 2.00. The topological polar surface area (TPSA) is 47.0 Å². The highest BCUT2D eigenvalue weighted by Gasteiger charge is 2.10. The van der Waals surface area contributed by atoms with Gasteiger partial charge in [0, 0.05) is 25.8 Å². The highest BCUT2D eigenvalue weighted by Crippen LogP contribution is 2.25. The van der Waals surface area contributed by atoms with Crippen LogP contribution in [0.5, 0.6) is 0 Å². The second kappa shape index (κ2) is 6.53. The maximum absolute atomic E-state index is 13.5. The Bertz CT molecular complexity index is 504. The number of nitrogens with one attached hydrogen (secondary N) is 1. The van der Waals surface area contributed by atoms with Crippen LogP contribution >= 0.6 is 11.3 Å². The lowest BCUT2D eigenvalue weighted by Gasteiger charge is -1.99. The summed E-state index contributed by atoms with van der Waals surface area (Å²) in [5.41, 5.74) is 0.498. The molecule has 0 saturated heterocycles. The molecule has 1 aromatic heterocycles. The first kappa shape index (κ1) is 13.1. The van der Waals surface area contributed by atoms with Crippen LogP contribution in [0.1, 0.15) is 5.01 Å². The predicted octanol–water partition coefficient (Wildman–Crippen LogP) is 2.08. The summed E-state index contributed by atoms with van der Waals surface area (Å²) in [6.45, 7) is 2.03. The van der Waals surface area contributed by atoms with Crippen LogP contribution in [0, 0.1) is 5.82 Å². The standard InChI is InChI=1S/C12H14FN3OS/c1-17-7-6-14-8-11-15-16-12(18-11)9-4-2-3-5-10(9)13/h2-5,14H,6-8H2,1H3. The largest absolute Gasteiger partial charge is 0.383 e. The molecule has 0 aliphatic carbocycles. The van der Waals surface area contributed by atoms with E-state index in [1.807, 2.05) is 0 Å². The van der Waals surface area contributed by atoms with Gasteiger partial charge in [0.15, 0.2) is 5.01 Å². The summed E-state index contributed by atoms with van der Waals surface area (Å²) in [6.07, 6.45) is 0. The average molecular weight is 267 g/mol. The number of methoxy groups -OCH3 is 1. The predicted molar refractivity (Wildman–Crippen MR) is 68.9 cm³/mol. The Hall–Kier alpha value is -1.37. The Morgan fingerprint density at radius 1 is 1.33 bits per heavy atom. The van der Waals surface area contributed by atoms with E-state index in [2.05, 4.69) is 15.5 Å². The van der Waals surface area contributed by atoms with Crippen LogP contribution < -0.4 is 5.32 Å². The number of hydrogen-bond acceptors (Lipinski definition) is 5. The van der Waals surface area contributed by atoms with Gasteiger partial charge in [0.05, 0.1) is 6.61 Å². The molecule has 1 N–H and O–H groups in total. The average Bonchev–Trinajstić information content (AvgIpc) is 2.84. The van der Waals surface area contributed by atoms with Crippen molar-refractivity contribution in [3.8, 4) is 10.6 Å². The molecule has 1 heterocycles. The van der Waals surface area contributed by atoms with Gasteiger partial charge in [-0.2, -0.15) is 0 Å². The monoisotopic (exact) mass is 267 g/mol. The molecule has 0 saturated carbocycles. The number of rotatable bonds is 6. The normalized spacial score (nSPS) is 10.8. The molecule has 0 amide bonds. The molecule has 18 heavy (non-hydrogen) atoms. The molecule has 2 aromatic rings. The van der Waals surface area contributed by atoms with Crippen LogP contribution in [0.15, 0.2) is 24.3 Å². The molecule has 0 spiro atoms. The zero-order chi connectivity index (χ0) is 12.8. The molecule has 0 radical (unpaired) electrons. The van der Waals surface area contributed by atoms with Crippen molar-refractivity contribution in [2.24, 2.45) is 0 Å². The van der Waals surface area contributed by atoms with Crippen LogP contribution in [0.2, 0.25) is 0 Å². The van der Waals surface area contributed by atoms with Crippen molar-refractivity contribution in [3.05, 3.63) is 35.1 Å². The molecule has 6 heteroatoms. The lowest BCUT2D eigenvalue weighted by Crippen LogP contribution is -2.18. The third-order valence-electron chi connectivity index (χ3n) is 2.33. The van der Waals surface area contributed by atoms with Crippen molar-refractivity contribution in [2.75, 3.05) is 20.3 Å². The molecule has 0 aliphatic heterocycles. The summed E-state index contributed by atoms with van der Waals surface area (Å²) >= 11 is 1.39. The highest BCUT2D eigenvalue weighted by molar-refractivity contribution is 7.14. The molecule has 0 fully saturated rings. The summed E-state index contributed by atoms with van der Waals surface area (Å²) in [5.74, 6) is -0.271. The van der Waals surface area contributed by atoms with Crippen molar-refractivity contribution in [2.45, 2.75) is 6.54 Å². The third-order valence-corrected chi connectivity index (χ3v) is 3.29. The number of nitrogens with zero attached hydrogens (tertiary/aromatic N) is 2. The molecule has 2 rings (SSSR count). The van der Waals surface area contributed by atoms with Crippen molar-refractivity contribution >= 4 is 11.3 Å². The third kappa shape index (κ3) is 3.32. The van der Waals surface area contributed by atoms with Gasteiger partial charge in [-0.05, 0) is 12.1 Å². The molecule has 0 bridgehead atoms. The number of aromatic nitrogens is 2. The first-order valence-corrected chi connectivity index (χ1v) is 6.40. The smallest absolute Gasteiger partial charge is 0.150 e. The summed E-state index contributed by atoms with van der Waals surface area (Å²) in [7, 11) is 1.66. The molecule has 96 valence electrons. The number of ether oxygens (including phenoxy) is 1.